The topological polar surface area (TPSA) is 72.2 Å². The summed E-state index contributed by atoms with van der Waals surface area (Å²) >= 11 is 0. The van der Waals surface area contributed by atoms with Gasteiger partial charge in [0.1, 0.15) is 11.4 Å². The summed E-state index contributed by atoms with van der Waals surface area (Å²) < 4.78 is 13.1. The summed E-state index contributed by atoms with van der Waals surface area (Å²) in [5.41, 5.74) is -0.620. The van der Waals surface area contributed by atoms with Crippen LogP contribution in [0.15, 0.2) is 18.2 Å². The molecule has 0 aliphatic rings. The molecule has 0 atom stereocenters. The summed E-state index contributed by atoms with van der Waals surface area (Å²) in [5.74, 6) is -0.670. The third kappa shape index (κ3) is 4.95. The molecule has 20 heavy (non-hydrogen) atoms. The highest BCUT2D eigenvalue weighted by Gasteiger charge is 2.20. The Morgan fingerprint density at radius 3 is 2.70 bits per heavy atom. The van der Waals surface area contributed by atoms with Crippen molar-refractivity contribution in [2.24, 2.45) is 5.92 Å². The summed E-state index contributed by atoms with van der Waals surface area (Å²) in [6.45, 7) is 4.67. The van der Waals surface area contributed by atoms with Gasteiger partial charge in [0.2, 0.25) is 0 Å². The fraction of sp³-hybridized carbons (Fsp3) is 0.500. The highest BCUT2D eigenvalue weighted by atomic mass is 19.1. The van der Waals surface area contributed by atoms with E-state index >= 15 is 0 Å². The number of halogens is 1. The van der Waals surface area contributed by atoms with Gasteiger partial charge in [0, 0.05) is 12.6 Å². The Bertz CT molecular complexity index is 489. The molecule has 0 unspecified atom stereocenters. The van der Waals surface area contributed by atoms with Gasteiger partial charge in [-0.3, -0.25) is 14.9 Å². The van der Waals surface area contributed by atoms with Crippen LogP contribution in [-0.2, 0) is 0 Å². The lowest BCUT2D eigenvalue weighted by molar-refractivity contribution is -0.385. The molecule has 5 nitrogen and oxygen atoms in total. The van der Waals surface area contributed by atoms with Crippen LogP contribution < -0.4 is 5.32 Å². The van der Waals surface area contributed by atoms with Gasteiger partial charge in [0.05, 0.1) is 4.92 Å². The monoisotopic (exact) mass is 282 g/mol. The zero-order valence-electron chi connectivity index (χ0n) is 11.7. The van der Waals surface area contributed by atoms with Crippen LogP contribution in [0.1, 0.15) is 43.5 Å². The third-order valence-electron chi connectivity index (χ3n) is 2.89. The summed E-state index contributed by atoms with van der Waals surface area (Å²) in [6, 6.07) is 2.86. The van der Waals surface area contributed by atoms with Crippen molar-refractivity contribution >= 4 is 11.6 Å². The lowest BCUT2D eigenvalue weighted by atomic mass is 10.1. The van der Waals surface area contributed by atoms with Gasteiger partial charge in [-0.05, 0) is 24.5 Å². The first-order chi connectivity index (χ1) is 9.41. The minimum absolute atomic E-state index is 0.237. The van der Waals surface area contributed by atoms with Crippen LogP contribution in [0.3, 0.4) is 0 Å². The van der Waals surface area contributed by atoms with Gasteiger partial charge in [-0.25, -0.2) is 4.39 Å². The molecule has 1 rings (SSSR count). The summed E-state index contributed by atoms with van der Waals surface area (Å²) in [4.78, 5) is 21.9. The molecule has 1 aromatic rings. The Balaban J connectivity index is 2.59. The molecule has 110 valence electrons. The normalized spacial score (nSPS) is 10.6. The van der Waals surface area contributed by atoms with Gasteiger partial charge in [-0.2, -0.15) is 0 Å². The van der Waals surface area contributed by atoms with Crippen LogP contribution in [0.2, 0.25) is 0 Å². The quantitative estimate of drug-likeness (QED) is 0.474. The highest BCUT2D eigenvalue weighted by Crippen LogP contribution is 2.19. The molecule has 0 aromatic heterocycles. The van der Waals surface area contributed by atoms with Crippen molar-refractivity contribution in [3.8, 4) is 0 Å². The lowest BCUT2D eigenvalue weighted by Gasteiger charge is -2.07. The van der Waals surface area contributed by atoms with Crippen LogP contribution in [0.4, 0.5) is 10.1 Å². The Morgan fingerprint density at radius 1 is 1.40 bits per heavy atom. The van der Waals surface area contributed by atoms with Crippen molar-refractivity contribution in [1.29, 1.82) is 0 Å². The second-order valence-electron chi connectivity index (χ2n) is 5.06. The van der Waals surface area contributed by atoms with Crippen molar-refractivity contribution < 1.29 is 14.1 Å². The zero-order valence-corrected chi connectivity index (χ0v) is 11.7. The van der Waals surface area contributed by atoms with Crippen molar-refractivity contribution in [2.45, 2.75) is 33.1 Å². The van der Waals surface area contributed by atoms with Crippen LogP contribution in [-0.4, -0.2) is 17.4 Å². The predicted octanol–water partition coefficient (Wildman–Crippen LogP) is 3.29. The number of carbonyl (C=O) groups excluding carboxylic acids is 1. The Kier molecular flexibility index (Phi) is 6.09. The van der Waals surface area contributed by atoms with Gasteiger partial charge in [0.15, 0.2) is 0 Å². The molecular weight excluding hydrogens is 263 g/mol. The van der Waals surface area contributed by atoms with Gasteiger partial charge in [0.25, 0.3) is 11.6 Å². The van der Waals surface area contributed by atoms with Gasteiger partial charge < -0.3 is 5.32 Å². The van der Waals surface area contributed by atoms with Crippen LogP contribution in [0, 0.1) is 21.8 Å². The number of benzene rings is 1. The smallest absolute Gasteiger partial charge is 0.282 e. The molecule has 6 heteroatoms. The average Bonchev–Trinajstić information content (AvgIpc) is 2.37. The standard InChI is InChI=1S/C14H19FN2O3/c1-10(2)5-3-4-8-16-14(18)12-9-11(15)6-7-13(12)17(19)20/h6-7,9-10H,3-5,8H2,1-2H3,(H,16,18). The Morgan fingerprint density at radius 2 is 2.10 bits per heavy atom. The molecule has 1 amide bonds. The molecule has 0 bridgehead atoms. The van der Waals surface area contributed by atoms with Gasteiger partial charge >= 0.3 is 0 Å². The molecule has 0 saturated carbocycles. The first-order valence-corrected chi connectivity index (χ1v) is 6.64. The molecule has 0 heterocycles. The number of nitro groups is 1. The number of nitro benzene ring substituents is 1. The number of nitrogens with one attached hydrogen (secondary N) is 1. The number of hydrogen-bond acceptors (Lipinski definition) is 3. The van der Waals surface area contributed by atoms with Gasteiger partial charge in [-0.1, -0.05) is 26.7 Å². The van der Waals surface area contributed by atoms with Crippen LogP contribution in [0.5, 0.6) is 0 Å². The average molecular weight is 282 g/mol. The number of amides is 1. The van der Waals surface area contributed by atoms with E-state index in [0.29, 0.717) is 12.5 Å². The number of unbranched alkanes of at least 4 members (excludes halogenated alkanes) is 1. The maximum Gasteiger partial charge on any atom is 0.282 e. The number of carbonyl (C=O) groups is 1. The predicted molar refractivity (Wildman–Crippen MR) is 74.1 cm³/mol. The van der Waals surface area contributed by atoms with Gasteiger partial charge in [-0.15, -0.1) is 0 Å². The fourth-order valence-electron chi connectivity index (χ4n) is 1.82. The van der Waals surface area contributed by atoms with E-state index in [1.54, 1.807) is 0 Å². The van der Waals surface area contributed by atoms with Crippen molar-refractivity contribution in [3.63, 3.8) is 0 Å². The first kappa shape index (κ1) is 16.1. The zero-order chi connectivity index (χ0) is 15.1. The van der Waals surface area contributed by atoms with Crippen molar-refractivity contribution in [1.82, 2.24) is 5.32 Å². The van der Waals surface area contributed by atoms with E-state index in [2.05, 4.69) is 19.2 Å². The third-order valence-corrected chi connectivity index (χ3v) is 2.89. The SMILES string of the molecule is CC(C)CCCCNC(=O)c1cc(F)ccc1[N+](=O)[O-]. The minimum Gasteiger partial charge on any atom is -0.352 e. The minimum atomic E-state index is -0.687. The van der Waals surface area contributed by atoms with E-state index in [0.717, 1.165) is 37.5 Å². The summed E-state index contributed by atoms with van der Waals surface area (Å²) in [5, 5.41) is 13.4. The number of rotatable bonds is 7. The molecule has 0 radical (unpaired) electrons. The molecular formula is C14H19FN2O3. The summed E-state index contributed by atoms with van der Waals surface area (Å²) in [6.07, 6.45) is 2.84. The molecule has 1 aromatic carbocycles. The van der Waals surface area contributed by atoms with Crippen LogP contribution in [0.25, 0.3) is 0 Å². The van der Waals surface area contributed by atoms with E-state index in [-0.39, 0.29) is 11.3 Å². The molecule has 0 aliphatic heterocycles. The molecule has 0 spiro atoms. The van der Waals surface area contributed by atoms with E-state index in [1.807, 2.05) is 0 Å². The second-order valence-corrected chi connectivity index (χ2v) is 5.06. The Hall–Kier alpha value is -1.98. The van der Waals surface area contributed by atoms with E-state index < -0.39 is 16.6 Å². The maximum absolute atomic E-state index is 13.1. The number of nitrogens with zero attached hydrogens (tertiary/aromatic N) is 1. The largest absolute Gasteiger partial charge is 0.352 e. The molecule has 0 fully saturated rings. The molecule has 1 N–H and O–H groups in total. The number of hydrogen-bond donors (Lipinski definition) is 1. The Labute approximate surface area is 117 Å². The molecule has 0 saturated heterocycles. The maximum atomic E-state index is 13.1. The highest BCUT2D eigenvalue weighted by molar-refractivity contribution is 5.98. The molecule has 0 aliphatic carbocycles. The van der Waals surface area contributed by atoms with Crippen LogP contribution >= 0.6 is 0 Å². The van der Waals surface area contributed by atoms with Crippen molar-refractivity contribution in [2.75, 3.05) is 6.54 Å². The van der Waals surface area contributed by atoms with E-state index in [1.165, 1.54) is 0 Å². The van der Waals surface area contributed by atoms with E-state index in [9.17, 15) is 19.3 Å². The van der Waals surface area contributed by atoms with E-state index in [4.69, 9.17) is 0 Å². The van der Waals surface area contributed by atoms with Crippen molar-refractivity contribution in [3.05, 3.63) is 39.7 Å². The fourth-order valence-corrected chi connectivity index (χ4v) is 1.82. The lowest BCUT2D eigenvalue weighted by Crippen LogP contribution is -2.25. The second kappa shape index (κ2) is 7.57. The summed E-state index contributed by atoms with van der Waals surface area (Å²) in [7, 11) is 0. The first-order valence-electron chi connectivity index (χ1n) is 6.64.